The van der Waals surface area contributed by atoms with Crippen LogP contribution in [-0.2, 0) is 90.0 Å². The van der Waals surface area contributed by atoms with Crippen molar-refractivity contribution in [3.63, 3.8) is 0 Å². The van der Waals surface area contributed by atoms with Crippen molar-refractivity contribution < 1.29 is 114 Å². The van der Waals surface area contributed by atoms with E-state index in [9.17, 15) is 38.4 Å². The van der Waals surface area contributed by atoms with E-state index in [-0.39, 0.29) is 209 Å². The molecular weight excluding hydrogens is 1790 g/mol. The molecule has 8 bridgehead atoms. The van der Waals surface area contributed by atoms with E-state index in [0.717, 1.165) is 0 Å². The van der Waals surface area contributed by atoms with E-state index in [1.165, 1.54) is 150 Å². The second kappa shape index (κ2) is 43.7. The number of fused-ring (bicyclic) bond motifs is 8. The predicted molar refractivity (Wildman–Crippen MR) is 524 cm³/mol. The first-order chi connectivity index (χ1) is 66.5. The van der Waals surface area contributed by atoms with Gasteiger partial charge in [0.25, 0.3) is 23.6 Å². The van der Waals surface area contributed by atoms with E-state index >= 15 is 19.2 Å². The van der Waals surface area contributed by atoms with E-state index in [1.807, 2.05) is 24.3 Å². The molecule has 28 nitrogen and oxygen atoms in total. The van der Waals surface area contributed by atoms with Gasteiger partial charge in [0.2, 0.25) is 0 Å². The van der Waals surface area contributed by atoms with E-state index in [0.29, 0.717) is 22.3 Å². The van der Waals surface area contributed by atoms with Gasteiger partial charge >= 0.3 is 47.8 Å². The van der Waals surface area contributed by atoms with Crippen molar-refractivity contribution in [3.05, 3.63) is 376 Å². The second-order valence-electron chi connectivity index (χ2n) is 37.3. The number of hydrogen-bond acceptors (Lipinski definition) is 24. The zero-order chi connectivity index (χ0) is 101. The van der Waals surface area contributed by atoms with Crippen LogP contribution in [0.5, 0.6) is 23.0 Å². The average molecular weight is 1890 g/mol. The van der Waals surface area contributed by atoms with Crippen LogP contribution in [0.2, 0.25) is 0 Å². The Labute approximate surface area is 810 Å². The summed E-state index contributed by atoms with van der Waals surface area (Å²) in [6.07, 6.45) is -1.13. The van der Waals surface area contributed by atoms with Crippen molar-refractivity contribution in [1.29, 1.82) is 0 Å². The molecule has 28 heteroatoms. The molecule has 0 heterocycles. The molecule has 0 fully saturated rings. The molecule has 4 amide bonds. The smallest absolute Gasteiger partial charge is 0.338 e. The van der Waals surface area contributed by atoms with Gasteiger partial charge < -0.3 is 78.1 Å². The highest BCUT2D eigenvalue weighted by atomic mass is 16.6. The maximum Gasteiger partial charge on any atom is 0.338 e. The zero-order valence-electron chi connectivity index (χ0n) is 80.5. The molecule has 0 atom stereocenters. The Hall–Kier alpha value is -16.5. The number of esters is 8. The summed E-state index contributed by atoms with van der Waals surface area (Å²) in [6, 6.07) is 63.7. The molecule has 4 N–H and O–H groups in total. The van der Waals surface area contributed by atoms with Crippen molar-refractivity contribution >= 4 is 94.1 Å². The van der Waals surface area contributed by atoms with Gasteiger partial charge in [-0.05, 0) is 271 Å². The summed E-state index contributed by atoms with van der Waals surface area (Å²) in [7, 11) is 5.61. The third kappa shape index (κ3) is 27.0. The van der Waals surface area contributed by atoms with E-state index in [1.54, 1.807) is 180 Å². The molecule has 1 aliphatic carbocycles. The third-order valence-electron chi connectivity index (χ3n) is 21.5. The quantitative estimate of drug-likeness (QED) is 0.0261. The van der Waals surface area contributed by atoms with Crippen LogP contribution in [0.4, 0.5) is 22.7 Å². The largest absolute Gasteiger partial charge is 0.496 e. The summed E-state index contributed by atoms with van der Waals surface area (Å²) in [5, 5.41) is 11.7. The fourth-order valence-corrected chi connectivity index (χ4v) is 15.6. The van der Waals surface area contributed by atoms with Gasteiger partial charge in [0.15, 0.2) is 0 Å². The molecule has 140 heavy (non-hydrogen) atoms. The first kappa shape index (κ1) is 101. The number of nitrogens with one attached hydrogen (secondary N) is 4. The Morgan fingerprint density at radius 3 is 0.521 bits per heavy atom. The van der Waals surface area contributed by atoms with Gasteiger partial charge in [-0.15, -0.1) is 0 Å². The first-order valence-corrected chi connectivity index (χ1v) is 44.9. The fraction of sp³-hybridized carbons (Fsp3) is 0.250. The number of amides is 4. The SMILES string of the molecule is COc1c2cc(C(=O)Nc3cc(C(=O)OCc4ccccc4)cc(C(=O)OC(C)(C)C)c3)cc1Cc1cc(C(=O)Nc3cc(C(=O)OCc4ccccc4)cc(C(=O)OC(C)(C)C)c3)cc(c1OC)Cc1cc(C(=O)Nc3cc(C(=O)OCc4ccccc4)cc(C(=O)OC(C)(C)C)c3)cc(c1OC)Cc1cc(C(=O)Nc3cc(C(=O)OCc4ccccc4)cc(C(=O)OC(C)(C)C)c3)cc(c1OC)C2. The Morgan fingerprint density at radius 1 is 0.214 bits per heavy atom. The van der Waals surface area contributed by atoms with Crippen molar-refractivity contribution in [1.82, 2.24) is 0 Å². The Morgan fingerprint density at radius 2 is 0.371 bits per heavy atom. The first-order valence-electron chi connectivity index (χ1n) is 44.9. The zero-order valence-corrected chi connectivity index (χ0v) is 80.5. The number of methoxy groups -OCH3 is 4. The molecule has 0 aromatic heterocycles. The molecule has 12 aromatic carbocycles. The van der Waals surface area contributed by atoms with Gasteiger partial charge in [-0.25, -0.2) is 38.4 Å². The molecular formula is C112H108N4O24. The maximum absolute atomic E-state index is 15.9. The van der Waals surface area contributed by atoms with Gasteiger partial charge in [0.1, 0.15) is 71.8 Å². The summed E-state index contributed by atoms with van der Waals surface area (Å²) >= 11 is 0. The second-order valence-corrected chi connectivity index (χ2v) is 37.3. The summed E-state index contributed by atoms with van der Waals surface area (Å²) in [5.41, 5.74) is -0.905. The molecule has 0 radical (unpaired) electrons. The monoisotopic (exact) mass is 1890 g/mol. The van der Waals surface area contributed by atoms with Crippen molar-refractivity contribution in [2.45, 2.75) is 158 Å². The molecule has 0 saturated carbocycles. The Balaban J connectivity index is 1.02. The number of benzene rings is 12. The molecule has 0 unspecified atom stereocenters. The van der Waals surface area contributed by atoms with Crippen molar-refractivity contribution in [2.75, 3.05) is 49.7 Å². The number of carbonyl (C=O) groups excluding carboxylic acids is 12. The standard InChI is InChI=1S/C112H108N4O24/c1-109(2,3)137-105(125)85-49-81(101(121)133-61-65-29-21-17-22-30-65)53-89(57-85)113-97(117)77-41-69-37-71-43-78(98(118)114-90-54-82(50-86(58-90)106(126)138-110(4,5)6)102(122)134-62-66-31-23-18-24-32-66)45-73(94(71)130-14)39-75-47-80(100(120)116-92-56-84(52-88(60-92)108(128)140-112(10,11)12)104(124)136-64-68-35-27-20-28-36-68)48-76(96(75)132-16)40-74-46-79(44-72(95(74)131-15)38-70(42-77)93(69)129-13)99(119)115-91-55-83(51-87(59-91)107(127)139-111(7,8)9)103(123)135-63-67-33-25-19-26-34-67/h17-36,41-60H,37-40,61-64H2,1-16H3,(H,113,117)(H,114,118)(H,115,119)(H,116,120). The Kier molecular flexibility index (Phi) is 31.5. The summed E-state index contributed by atoms with van der Waals surface area (Å²) < 4.78 is 72.5. The van der Waals surface area contributed by atoms with Crippen LogP contribution >= 0.6 is 0 Å². The highest BCUT2D eigenvalue weighted by molar-refractivity contribution is 6.11. The molecule has 720 valence electrons. The fourth-order valence-electron chi connectivity index (χ4n) is 15.6. The normalized spacial score (nSPS) is 11.8. The molecule has 12 aromatic rings. The van der Waals surface area contributed by atoms with Gasteiger partial charge in [0, 0.05) is 70.7 Å². The summed E-state index contributed by atoms with van der Waals surface area (Å²) in [4.78, 5) is 177. The highest BCUT2D eigenvalue weighted by Gasteiger charge is 2.33. The molecule has 13 rings (SSSR count). The minimum atomic E-state index is -1.02. The summed E-state index contributed by atoms with van der Waals surface area (Å²) in [5.74, 6) is -9.40. The molecule has 0 spiro atoms. The maximum atomic E-state index is 15.9. The van der Waals surface area contributed by atoms with Crippen molar-refractivity contribution in [3.8, 4) is 23.0 Å². The average Bonchev–Trinajstić information content (AvgIpc) is 0.736. The lowest BCUT2D eigenvalue weighted by Crippen LogP contribution is -2.24. The number of anilines is 4. The van der Waals surface area contributed by atoms with Crippen LogP contribution in [0.25, 0.3) is 0 Å². The minimum Gasteiger partial charge on any atom is -0.496 e. The summed E-state index contributed by atoms with van der Waals surface area (Å²) in [6.45, 7) is 19.4. The number of hydrogen-bond donors (Lipinski definition) is 4. The van der Waals surface area contributed by atoms with E-state index in [2.05, 4.69) is 21.3 Å². The number of rotatable bonds is 28. The lowest BCUT2D eigenvalue weighted by Gasteiger charge is -2.23. The van der Waals surface area contributed by atoms with Gasteiger partial charge in [-0.1, -0.05) is 121 Å². The van der Waals surface area contributed by atoms with Crippen LogP contribution < -0.4 is 40.2 Å². The van der Waals surface area contributed by atoms with E-state index < -0.39 is 93.8 Å². The van der Waals surface area contributed by atoms with Crippen LogP contribution in [0.3, 0.4) is 0 Å². The molecule has 0 saturated heterocycles. The topological polar surface area (TPSA) is 364 Å². The van der Waals surface area contributed by atoms with Gasteiger partial charge in [-0.2, -0.15) is 0 Å². The molecule has 0 aliphatic heterocycles. The van der Waals surface area contributed by atoms with Crippen molar-refractivity contribution in [2.24, 2.45) is 0 Å². The lowest BCUT2D eigenvalue weighted by molar-refractivity contribution is 0.00568. The van der Waals surface area contributed by atoms with Crippen LogP contribution in [-0.4, -0.2) is 122 Å². The number of carbonyl (C=O) groups is 12. The van der Waals surface area contributed by atoms with Crippen LogP contribution in [0, 0.1) is 0 Å². The van der Waals surface area contributed by atoms with E-state index in [4.69, 9.17) is 56.8 Å². The van der Waals surface area contributed by atoms with Gasteiger partial charge in [-0.3, -0.25) is 19.2 Å². The minimum absolute atomic E-state index is 0.0494. The Bertz CT molecular complexity index is 5880. The predicted octanol–water partition coefficient (Wildman–Crippen LogP) is 20.7. The van der Waals surface area contributed by atoms with Crippen LogP contribution in [0.1, 0.15) is 274 Å². The number of ether oxygens (including phenoxy) is 12. The molecule has 1 aliphatic rings. The van der Waals surface area contributed by atoms with Gasteiger partial charge in [0.05, 0.1) is 72.9 Å². The van der Waals surface area contributed by atoms with Crippen LogP contribution in [0.15, 0.2) is 243 Å². The third-order valence-corrected chi connectivity index (χ3v) is 21.5. The highest BCUT2D eigenvalue weighted by Crippen LogP contribution is 2.43. The lowest BCUT2D eigenvalue weighted by atomic mass is 9.88.